The first-order valence-corrected chi connectivity index (χ1v) is 6.32. The molecule has 0 aliphatic carbocycles. The molecule has 2 rings (SSSR count). The lowest BCUT2D eigenvalue weighted by Crippen LogP contribution is -2.26. The van der Waals surface area contributed by atoms with Crippen molar-refractivity contribution in [2.45, 2.75) is 0 Å². The van der Waals surface area contributed by atoms with E-state index >= 15 is 0 Å². The number of amides is 1. The van der Waals surface area contributed by atoms with Crippen molar-refractivity contribution < 1.29 is 14.6 Å². The zero-order chi connectivity index (χ0) is 14.7. The summed E-state index contributed by atoms with van der Waals surface area (Å²) >= 11 is 5.86. The number of hydrogen-bond donors (Lipinski definition) is 1. The molecule has 0 radical (unpaired) electrons. The van der Waals surface area contributed by atoms with Crippen molar-refractivity contribution >= 4 is 23.2 Å². The molecule has 5 heteroatoms. The minimum Gasteiger partial charge on any atom is -0.507 e. The number of methoxy groups -OCH3 is 1. The van der Waals surface area contributed by atoms with E-state index in [1.807, 2.05) is 6.07 Å². The largest absolute Gasteiger partial charge is 0.507 e. The lowest BCUT2D eigenvalue weighted by Gasteiger charge is -2.20. The van der Waals surface area contributed by atoms with Gasteiger partial charge in [-0.1, -0.05) is 23.7 Å². The van der Waals surface area contributed by atoms with E-state index in [1.165, 1.54) is 30.2 Å². The first-order valence-electron chi connectivity index (χ1n) is 5.94. The number of hydrogen-bond acceptors (Lipinski definition) is 3. The van der Waals surface area contributed by atoms with Gasteiger partial charge in [0, 0.05) is 12.1 Å². The van der Waals surface area contributed by atoms with Gasteiger partial charge >= 0.3 is 0 Å². The predicted octanol–water partition coefficient (Wildman–Crippen LogP) is 3.33. The molecule has 0 spiro atoms. The zero-order valence-corrected chi connectivity index (χ0v) is 11.9. The fraction of sp³-hybridized carbons (Fsp3) is 0.133. The normalized spacial score (nSPS) is 10.2. The molecule has 2 aromatic carbocycles. The van der Waals surface area contributed by atoms with Crippen molar-refractivity contribution in [3.63, 3.8) is 0 Å². The topological polar surface area (TPSA) is 49.8 Å². The van der Waals surface area contributed by atoms with Gasteiger partial charge in [-0.15, -0.1) is 0 Å². The Morgan fingerprint density at radius 2 is 1.95 bits per heavy atom. The minimum atomic E-state index is -0.366. The van der Waals surface area contributed by atoms with Crippen LogP contribution in [0.25, 0.3) is 0 Å². The molecule has 4 nitrogen and oxygen atoms in total. The summed E-state index contributed by atoms with van der Waals surface area (Å²) in [4.78, 5) is 13.8. The van der Waals surface area contributed by atoms with E-state index in [9.17, 15) is 9.90 Å². The summed E-state index contributed by atoms with van der Waals surface area (Å²) in [5, 5.41) is 10.2. The van der Waals surface area contributed by atoms with Crippen molar-refractivity contribution in [1.29, 1.82) is 0 Å². The van der Waals surface area contributed by atoms with Gasteiger partial charge in [-0.3, -0.25) is 4.79 Å². The van der Waals surface area contributed by atoms with Crippen molar-refractivity contribution in [3.05, 3.63) is 53.1 Å². The van der Waals surface area contributed by atoms with Crippen molar-refractivity contribution in [3.8, 4) is 11.5 Å². The van der Waals surface area contributed by atoms with E-state index in [-0.39, 0.29) is 17.2 Å². The summed E-state index contributed by atoms with van der Waals surface area (Å²) in [6, 6.07) is 11.5. The minimum absolute atomic E-state index is 0.110. The number of halogens is 1. The van der Waals surface area contributed by atoms with Crippen LogP contribution in [0.1, 0.15) is 10.4 Å². The number of carbonyl (C=O) groups excluding carboxylic acids is 1. The van der Waals surface area contributed by atoms with Crippen LogP contribution >= 0.6 is 11.6 Å². The van der Waals surface area contributed by atoms with Gasteiger partial charge < -0.3 is 14.7 Å². The van der Waals surface area contributed by atoms with Crippen molar-refractivity contribution in [2.75, 3.05) is 19.1 Å². The second-order valence-electron chi connectivity index (χ2n) is 4.20. The number of carbonyl (C=O) groups is 1. The molecule has 1 amide bonds. The molecule has 0 unspecified atom stereocenters. The van der Waals surface area contributed by atoms with E-state index in [0.717, 1.165) is 0 Å². The molecule has 0 aromatic heterocycles. The number of rotatable bonds is 3. The van der Waals surface area contributed by atoms with E-state index in [0.29, 0.717) is 16.5 Å². The number of ether oxygens (including phenoxy) is 1. The summed E-state index contributed by atoms with van der Waals surface area (Å²) in [5.41, 5.74) is 0.755. The maximum absolute atomic E-state index is 12.4. The molecule has 0 atom stereocenters. The Bertz CT molecular complexity index is 643. The number of phenolic OH excluding ortho intramolecular Hbond substituents is 1. The maximum atomic E-state index is 12.4. The highest BCUT2D eigenvalue weighted by Gasteiger charge is 2.19. The number of nitrogens with zero attached hydrogens (tertiary/aromatic N) is 1. The van der Waals surface area contributed by atoms with Gasteiger partial charge in [0.2, 0.25) is 0 Å². The molecule has 2 aromatic rings. The highest BCUT2D eigenvalue weighted by atomic mass is 35.5. The Kier molecular flexibility index (Phi) is 4.15. The van der Waals surface area contributed by atoms with Gasteiger partial charge in [0.1, 0.15) is 11.5 Å². The van der Waals surface area contributed by atoms with Crippen LogP contribution in [0.15, 0.2) is 42.5 Å². The summed E-state index contributed by atoms with van der Waals surface area (Å²) < 4.78 is 5.22. The van der Waals surface area contributed by atoms with Gasteiger partial charge in [0.15, 0.2) is 0 Å². The highest BCUT2D eigenvalue weighted by Crippen LogP contribution is 2.30. The Morgan fingerprint density at radius 1 is 1.25 bits per heavy atom. The Morgan fingerprint density at radius 3 is 2.65 bits per heavy atom. The average Bonchev–Trinajstić information content (AvgIpc) is 2.48. The maximum Gasteiger partial charge on any atom is 0.261 e. The molecule has 0 aliphatic rings. The van der Waals surface area contributed by atoms with Crippen LogP contribution in [0, 0.1) is 0 Å². The van der Waals surface area contributed by atoms with E-state index in [2.05, 4.69) is 0 Å². The molecule has 1 N–H and O–H groups in total. The summed E-state index contributed by atoms with van der Waals surface area (Å²) in [7, 11) is 3.15. The SMILES string of the molecule is COc1ccccc1N(C)C(=O)c1cc(Cl)ccc1O. The number of aromatic hydroxyl groups is 1. The fourth-order valence-electron chi connectivity index (χ4n) is 1.88. The second-order valence-corrected chi connectivity index (χ2v) is 4.63. The van der Waals surface area contributed by atoms with Gasteiger partial charge in [-0.05, 0) is 30.3 Å². The van der Waals surface area contributed by atoms with Gasteiger partial charge in [-0.25, -0.2) is 0 Å². The first-order chi connectivity index (χ1) is 9.54. The number of phenols is 1. The molecule has 0 fully saturated rings. The average molecular weight is 292 g/mol. The third-order valence-electron chi connectivity index (χ3n) is 2.94. The van der Waals surface area contributed by atoms with Crippen LogP contribution in [0.4, 0.5) is 5.69 Å². The second kappa shape index (κ2) is 5.84. The van der Waals surface area contributed by atoms with Crippen LogP contribution < -0.4 is 9.64 Å². The molecule has 0 aliphatic heterocycles. The highest BCUT2D eigenvalue weighted by molar-refractivity contribution is 6.31. The summed E-state index contributed by atoms with van der Waals surface area (Å²) in [6.45, 7) is 0. The fourth-order valence-corrected chi connectivity index (χ4v) is 2.05. The first kappa shape index (κ1) is 14.2. The molecule has 0 heterocycles. The standard InChI is InChI=1S/C15H14ClNO3/c1-17(12-5-3-4-6-14(12)20-2)15(19)11-9-10(16)7-8-13(11)18/h3-9,18H,1-2H3. The van der Waals surface area contributed by atoms with Crippen LogP contribution in [-0.4, -0.2) is 25.2 Å². The van der Waals surface area contributed by atoms with E-state index < -0.39 is 0 Å². The monoisotopic (exact) mass is 291 g/mol. The molecule has 104 valence electrons. The molecule has 20 heavy (non-hydrogen) atoms. The van der Waals surface area contributed by atoms with Crippen molar-refractivity contribution in [2.24, 2.45) is 0 Å². The zero-order valence-electron chi connectivity index (χ0n) is 11.1. The van der Waals surface area contributed by atoms with Crippen molar-refractivity contribution in [1.82, 2.24) is 0 Å². The Balaban J connectivity index is 2.40. The van der Waals surface area contributed by atoms with Gasteiger partial charge in [0.05, 0.1) is 18.4 Å². The number of benzene rings is 2. The van der Waals surface area contributed by atoms with Crippen LogP contribution in [0.2, 0.25) is 5.02 Å². The molecular formula is C15H14ClNO3. The Hall–Kier alpha value is -2.20. The van der Waals surface area contributed by atoms with Crippen LogP contribution in [0.5, 0.6) is 11.5 Å². The van der Waals surface area contributed by atoms with Crippen LogP contribution in [0.3, 0.4) is 0 Å². The predicted molar refractivity (Wildman–Crippen MR) is 78.8 cm³/mol. The molecule has 0 bridgehead atoms. The van der Waals surface area contributed by atoms with Crippen LogP contribution in [-0.2, 0) is 0 Å². The molecule has 0 saturated heterocycles. The van der Waals surface area contributed by atoms with E-state index in [1.54, 1.807) is 25.2 Å². The summed E-state index contributed by atoms with van der Waals surface area (Å²) in [5.74, 6) is 0.0977. The summed E-state index contributed by atoms with van der Waals surface area (Å²) in [6.07, 6.45) is 0. The lowest BCUT2D eigenvalue weighted by molar-refractivity contribution is 0.0990. The number of anilines is 1. The third-order valence-corrected chi connectivity index (χ3v) is 3.18. The third kappa shape index (κ3) is 2.70. The quantitative estimate of drug-likeness (QED) is 0.943. The Labute approximate surface area is 122 Å². The van der Waals surface area contributed by atoms with Gasteiger partial charge in [-0.2, -0.15) is 0 Å². The molecule has 0 saturated carbocycles. The lowest BCUT2D eigenvalue weighted by atomic mass is 10.1. The van der Waals surface area contributed by atoms with Gasteiger partial charge in [0.25, 0.3) is 5.91 Å². The molecular weight excluding hydrogens is 278 g/mol. The van der Waals surface area contributed by atoms with E-state index in [4.69, 9.17) is 16.3 Å². The smallest absolute Gasteiger partial charge is 0.261 e. The number of para-hydroxylation sites is 2.